The summed E-state index contributed by atoms with van der Waals surface area (Å²) in [5, 5.41) is 27.2. The molecule has 22 heavy (non-hydrogen) atoms. The Hall–Kier alpha value is -0.315. The van der Waals surface area contributed by atoms with Crippen molar-refractivity contribution in [3.8, 4) is 0 Å². The molecule has 5 N–H and O–H groups in total. The van der Waals surface area contributed by atoms with Gasteiger partial charge in [0.05, 0.1) is 0 Å². The van der Waals surface area contributed by atoms with E-state index < -0.39 is 18.6 Å². The zero-order valence-electron chi connectivity index (χ0n) is 13.4. The van der Waals surface area contributed by atoms with Gasteiger partial charge in [0.25, 0.3) is 0 Å². The summed E-state index contributed by atoms with van der Waals surface area (Å²) in [6.07, 6.45) is 3.33. The number of carboxylic acid groups (broad SMARTS) is 1. The summed E-state index contributed by atoms with van der Waals surface area (Å²) in [5.74, 6) is -0.987. The number of hydrogen-bond donors (Lipinski definition) is 4. The van der Waals surface area contributed by atoms with Gasteiger partial charge in [0.1, 0.15) is 5.54 Å². The molecule has 0 aliphatic carbocycles. The molecule has 1 aliphatic heterocycles. The summed E-state index contributed by atoms with van der Waals surface area (Å²) in [6.45, 7) is 1.66. The largest absolute Gasteiger partial charge is 0.480 e. The van der Waals surface area contributed by atoms with Crippen molar-refractivity contribution in [3.63, 3.8) is 0 Å². The number of nitrogens with two attached hydrogens (primary N) is 1. The van der Waals surface area contributed by atoms with Crippen LogP contribution in [0.25, 0.3) is 0 Å². The number of nitrogens with zero attached hydrogens (tertiary/aromatic N) is 2. The van der Waals surface area contributed by atoms with Gasteiger partial charge in [-0.15, -0.1) is 0 Å². The number of carbonyl (C=O) groups is 1. The van der Waals surface area contributed by atoms with Crippen LogP contribution in [0.5, 0.6) is 0 Å². The van der Waals surface area contributed by atoms with E-state index in [4.69, 9.17) is 15.8 Å². The van der Waals surface area contributed by atoms with Crippen molar-refractivity contribution in [1.29, 1.82) is 0 Å². The van der Waals surface area contributed by atoms with Crippen LogP contribution in [-0.2, 0) is 4.79 Å². The number of rotatable bonds is 9. The molecule has 1 saturated heterocycles. The molecular weight excluding hydrogens is 305 g/mol. The molecule has 0 saturated carbocycles. The number of unbranched alkanes of at least 4 members (excludes halogenated alkanes) is 1. The topological polar surface area (TPSA) is 110 Å². The first kappa shape index (κ1) is 19.7. The van der Waals surface area contributed by atoms with Gasteiger partial charge in [0, 0.05) is 25.2 Å². The first-order valence-electron chi connectivity index (χ1n) is 7.74. The maximum atomic E-state index is 11.7. The van der Waals surface area contributed by atoms with E-state index in [0.717, 1.165) is 25.9 Å². The minimum absolute atomic E-state index is 0.0388. The van der Waals surface area contributed by atoms with Gasteiger partial charge in [-0.05, 0) is 45.6 Å². The lowest BCUT2D eigenvalue weighted by Crippen LogP contribution is -2.56. The van der Waals surface area contributed by atoms with Crippen LogP contribution in [0.4, 0.5) is 0 Å². The highest BCUT2D eigenvalue weighted by Crippen LogP contribution is 2.33. The van der Waals surface area contributed by atoms with Gasteiger partial charge < -0.3 is 20.9 Å². The minimum Gasteiger partial charge on any atom is -0.480 e. The van der Waals surface area contributed by atoms with Crippen molar-refractivity contribution in [2.45, 2.75) is 44.0 Å². The number of carboxylic acids is 1. The molecular formula is C13H28BN3O4S. The van der Waals surface area contributed by atoms with E-state index in [1.807, 2.05) is 18.4 Å². The van der Waals surface area contributed by atoms with Crippen molar-refractivity contribution in [2.75, 3.05) is 27.2 Å². The second-order valence-corrected chi connectivity index (χ2v) is 7.58. The Kier molecular flexibility index (Phi) is 8.16. The normalized spacial score (nSPS) is 20.1. The van der Waals surface area contributed by atoms with Crippen LogP contribution in [-0.4, -0.2) is 69.6 Å². The molecule has 1 rings (SSSR count). The molecule has 0 aromatic carbocycles. The molecule has 0 radical (unpaired) electrons. The van der Waals surface area contributed by atoms with Crippen LogP contribution in [0, 0.1) is 5.92 Å². The zero-order valence-corrected chi connectivity index (χ0v) is 14.3. The molecule has 9 heteroatoms. The highest BCUT2D eigenvalue weighted by Gasteiger charge is 2.43. The van der Waals surface area contributed by atoms with Gasteiger partial charge in [-0.2, -0.15) is 0 Å². The SMILES string of the molecule is CN(C)SN1CCC(C(N)(CCCCB(O)O)C(=O)O)CC1. The van der Waals surface area contributed by atoms with E-state index in [0.29, 0.717) is 19.3 Å². The van der Waals surface area contributed by atoms with E-state index in [-0.39, 0.29) is 12.2 Å². The van der Waals surface area contributed by atoms with Crippen molar-refractivity contribution in [2.24, 2.45) is 11.7 Å². The molecule has 1 aliphatic rings. The third-order valence-corrected chi connectivity index (χ3v) is 5.08. The second-order valence-electron chi connectivity index (χ2n) is 6.17. The zero-order chi connectivity index (χ0) is 16.8. The highest BCUT2D eigenvalue weighted by molar-refractivity contribution is 7.94. The van der Waals surface area contributed by atoms with Gasteiger partial charge in [-0.25, -0.2) is 8.61 Å². The van der Waals surface area contributed by atoms with Crippen LogP contribution in [0.1, 0.15) is 32.1 Å². The summed E-state index contributed by atoms with van der Waals surface area (Å²) < 4.78 is 4.24. The first-order chi connectivity index (χ1) is 10.3. The van der Waals surface area contributed by atoms with Gasteiger partial charge in [0.15, 0.2) is 0 Å². The fourth-order valence-corrected chi connectivity index (χ4v) is 3.75. The van der Waals surface area contributed by atoms with Crippen molar-refractivity contribution in [1.82, 2.24) is 8.61 Å². The lowest BCUT2D eigenvalue weighted by Gasteiger charge is -2.40. The Bertz CT molecular complexity index is 354. The molecule has 0 amide bonds. The molecule has 128 valence electrons. The van der Waals surface area contributed by atoms with Crippen LogP contribution in [0.2, 0.25) is 6.32 Å². The molecule has 0 spiro atoms. The summed E-state index contributed by atoms with van der Waals surface area (Å²) >= 11 is 1.64. The monoisotopic (exact) mass is 333 g/mol. The van der Waals surface area contributed by atoms with Crippen molar-refractivity contribution in [3.05, 3.63) is 0 Å². The predicted molar refractivity (Wildman–Crippen MR) is 89.0 cm³/mol. The summed E-state index contributed by atoms with van der Waals surface area (Å²) in [6, 6.07) is 0. The number of hydrogen-bond acceptors (Lipinski definition) is 7. The molecule has 0 bridgehead atoms. The Morgan fingerprint density at radius 2 is 1.95 bits per heavy atom. The Morgan fingerprint density at radius 1 is 1.36 bits per heavy atom. The number of aliphatic carboxylic acids is 1. The summed E-state index contributed by atoms with van der Waals surface area (Å²) in [5.41, 5.74) is 5.01. The molecule has 7 nitrogen and oxygen atoms in total. The summed E-state index contributed by atoms with van der Waals surface area (Å²) in [7, 11) is 2.64. The van der Waals surface area contributed by atoms with E-state index in [9.17, 15) is 9.90 Å². The van der Waals surface area contributed by atoms with Gasteiger partial charge >= 0.3 is 13.1 Å². The van der Waals surface area contributed by atoms with E-state index in [1.165, 1.54) is 0 Å². The molecule has 1 fully saturated rings. The third-order valence-electron chi connectivity index (χ3n) is 4.16. The molecule has 0 aromatic heterocycles. The number of piperidine rings is 1. The smallest absolute Gasteiger partial charge is 0.451 e. The third kappa shape index (κ3) is 6.06. The van der Waals surface area contributed by atoms with E-state index in [2.05, 4.69) is 4.31 Å². The van der Waals surface area contributed by atoms with E-state index in [1.54, 1.807) is 12.1 Å². The van der Waals surface area contributed by atoms with Gasteiger partial charge in [-0.3, -0.25) is 4.79 Å². The predicted octanol–water partition coefficient (Wildman–Crippen LogP) is 0.248. The lowest BCUT2D eigenvalue weighted by molar-refractivity contribution is -0.146. The van der Waals surface area contributed by atoms with Crippen LogP contribution in [0.3, 0.4) is 0 Å². The maximum absolute atomic E-state index is 11.7. The van der Waals surface area contributed by atoms with Gasteiger partial charge in [-0.1, -0.05) is 12.8 Å². The summed E-state index contributed by atoms with van der Waals surface area (Å²) in [4.78, 5) is 11.7. The highest BCUT2D eigenvalue weighted by atomic mass is 32.2. The molecule has 1 heterocycles. The minimum atomic E-state index is -1.33. The van der Waals surface area contributed by atoms with Crippen molar-refractivity contribution < 1.29 is 19.9 Å². The Labute approximate surface area is 137 Å². The maximum Gasteiger partial charge on any atom is 0.451 e. The van der Waals surface area contributed by atoms with Gasteiger partial charge in [0.2, 0.25) is 0 Å². The average Bonchev–Trinajstić information content (AvgIpc) is 2.43. The average molecular weight is 333 g/mol. The molecule has 1 atom stereocenters. The molecule has 1 unspecified atom stereocenters. The lowest BCUT2D eigenvalue weighted by atomic mass is 9.74. The quantitative estimate of drug-likeness (QED) is 0.270. The van der Waals surface area contributed by atoms with Crippen molar-refractivity contribution >= 4 is 25.2 Å². The fraction of sp³-hybridized carbons (Fsp3) is 0.923. The standard InChI is InChI=1S/C13H28BN3O4S/c1-16(2)22-17-9-5-11(6-10-17)13(15,12(18)19)7-3-4-8-14(20)21/h11,20-21H,3-10,15H2,1-2H3,(H,18,19). The van der Waals surface area contributed by atoms with E-state index >= 15 is 0 Å². The van der Waals surface area contributed by atoms with Crippen LogP contribution >= 0.6 is 12.1 Å². The first-order valence-corrected chi connectivity index (χ1v) is 8.47. The second kappa shape index (κ2) is 9.10. The Morgan fingerprint density at radius 3 is 2.41 bits per heavy atom. The Balaban J connectivity index is 2.51. The molecule has 0 aromatic rings. The fourth-order valence-electron chi connectivity index (χ4n) is 2.91. The van der Waals surface area contributed by atoms with Crippen LogP contribution in [0.15, 0.2) is 0 Å². The van der Waals surface area contributed by atoms with Crippen LogP contribution < -0.4 is 5.73 Å².